The lowest BCUT2D eigenvalue weighted by molar-refractivity contribution is 0.353. The molecule has 0 saturated heterocycles. The third-order valence-electron chi connectivity index (χ3n) is 4.92. The number of ether oxygens (including phenoxy) is 4. The largest absolute Gasteiger partial charge is 0.493 e. The average molecular weight is 357 g/mol. The molecule has 0 saturated carbocycles. The van der Waals surface area contributed by atoms with Crippen LogP contribution in [0.25, 0.3) is 0 Å². The fourth-order valence-corrected chi connectivity index (χ4v) is 3.57. The van der Waals surface area contributed by atoms with Gasteiger partial charge in [-0.3, -0.25) is 0 Å². The van der Waals surface area contributed by atoms with Gasteiger partial charge in [0.05, 0.1) is 28.4 Å². The Morgan fingerprint density at radius 1 is 0.846 bits per heavy atom. The SMILES string of the molecule is COc1ccc(C[C@@H]2NCCCc3cc(OC)c(OC)cc32)cc1OC. The molecule has 1 heterocycles. The van der Waals surface area contributed by atoms with E-state index in [0.29, 0.717) is 0 Å². The van der Waals surface area contributed by atoms with Gasteiger partial charge < -0.3 is 24.3 Å². The van der Waals surface area contributed by atoms with Crippen molar-refractivity contribution in [1.82, 2.24) is 5.32 Å². The van der Waals surface area contributed by atoms with E-state index in [1.807, 2.05) is 12.1 Å². The van der Waals surface area contributed by atoms with Crippen LogP contribution in [0, 0.1) is 0 Å². The van der Waals surface area contributed by atoms with Crippen molar-refractivity contribution in [3.63, 3.8) is 0 Å². The van der Waals surface area contributed by atoms with E-state index in [0.717, 1.165) is 48.8 Å². The zero-order chi connectivity index (χ0) is 18.5. The van der Waals surface area contributed by atoms with Crippen LogP contribution in [-0.4, -0.2) is 35.0 Å². The fraction of sp³-hybridized carbons (Fsp3) is 0.429. The molecule has 1 N–H and O–H groups in total. The molecule has 0 amide bonds. The van der Waals surface area contributed by atoms with E-state index in [1.165, 1.54) is 16.7 Å². The van der Waals surface area contributed by atoms with Gasteiger partial charge >= 0.3 is 0 Å². The summed E-state index contributed by atoms with van der Waals surface area (Å²) >= 11 is 0. The monoisotopic (exact) mass is 357 g/mol. The van der Waals surface area contributed by atoms with Crippen LogP contribution in [0.5, 0.6) is 23.0 Å². The Labute approximate surface area is 155 Å². The molecule has 0 aliphatic carbocycles. The van der Waals surface area contributed by atoms with Crippen LogP contribution in [0.3, 0.4) is 0 Å². The molecule has 5 nitrogen and oxygen atoms in total. The van der Waals surface area contributed by atoms with Gasteiger partial charge in [0.2, 0.25) is 0 Å². The topological polar surface area (TPSA) is 49.0 Å². The van der Waals surface area contributed by atoms with Crippen LogP contribution in [0.1, 0.15) is 29.2 Å². The molecule has 0 unspecified atom stereocenters. The van der Waals surface area contributed by atoms with Crippen molar-refractivity contribution >= 4 is 0 Å². The van der Waals surface area contributed by atoms with Crippen LogP contribution >= 0.6 is 0 Å². The Morgan fingerprint density at radius 2 is 1.50 bits per heavy atom. The van der Waals surface area contributed by atoms with Crippen LogP contribution in [0.15, 0.2) is 30.3 Å². The first-order valence-electron chi connectivity index (χ1n) is 8.89. The quantitative estimate of drug-likeness (QED) is 0.857. The Kier molecular flexibility index (Phi) is 5.89. The van der Waals surface area contributed by atoms with Crippen molar-refractivity contribution in [2.45, 2.75) is 25.3 Å². The van der Waals surface area contributed by atoms with Crippen molar-refractivity contribution in [2.75, 3.05) is 35.0 Å². The lowest BCUT2D eigenvalue weighted by Gasteiger charge is -2.21. The molecule has 2 aromatic carbocycles. The smallest absolute Gasteiger partial charge is 0.161 e. The predicted molar refractivity (Wildman–Crippen MR) is 102 cm³/mol. The first-order valence-corrected chi connectivity index (χ1v) is 8.89. The Hall–Kier alpha value is -2.40. The van der Waals surface area contributed by atoms with Crippen LogP contribution in [-0.2, 0) is 12.8 Å². The summed E-state index contributed by atoms with van der Waals surface area (Å²) in [5.74, 6) is 3.06. The van der Waals surface area contributed by atoms with Gasteiger partial charge in [0, 0.05) is 6.04 Å². The molecule has 140 valence electrons. The van der Waals surface area contributed by atoms with Gasteiger partial charge in [-0.2, -0.15) is 0 Å². The van der Waals surface area contributed by atoms with Gasteiger partial charge in [0.1, 0.15) is 0 Å². The third kappa shape index (κ3) is 3.73. The van der Waals surface area contributed by atoms with Gasteiger partial charge in [-0.15, -0.1) is 0 Å². The zero-order valence-electron chi connectivity index (χ0n) is 15.9. The van der Waals surface area contributed by atoms with E-state index in [1.54, 1.807) is 28.4 Å². The van der Waals surface area contributed by atoms with Crippen molar-refractivity contribution in [3.05, 3.63) is 47.0 Å². The summed E-state index contributed by atoms with van der Waals surface area (Å²) < 4.78 is 21.8. The third-order valence-corrected chi connectivity index (χ3v) is 4.92. The maximum absolute atomic E-state index is 5.52. The van der Waals surface area contributed by atoms with Crippen LogP contribution in [0.2, 0.25) is 0 Å². The summed E-state index contributed by atoms with van der Waals surface area (Å²) in [7, 11) is 6.68. The van der Waals surface area contributed by atoms with E-state index in [2.05, 4.69) is 23.5 Å². The minimum Gasteiger partial charge on any atom is -0.493 e. The summed E-state index contributed by atoms with van der Waals surface area (Å²) in [5.41, 5.74) is 3.79. The van der Waals surface area contributed by atoms with Gasteiger partial charge in [-0.05, 0) is 66.8 Å². The Morgan fingerprint density at radius 3 is 2.19 bits per heavy atom. The van der Waals surface area contributed by atoms with E-state index in [-0.39, 0.29) is 6.04 Å². The van der Waals surface area contributed by atoms with Gasteiger partial charge in [-0.25, -0.2) is 0 Å². The molecule has 0 fully saturated rings. The second-order valence-electron chi connectivity index (χ2n) is 6.41. The van der Waals surface area contributed by atoms with Crippen molar-refractivity contribution in [2.24, 2.45) is 0 Å². The number of aryl methyl sites for hydroxylation is 1. The summed E-state index contributed by atoms with van der Waals surface area (Å²) in [4.78, 5) is 0. The number of rotatable bonds is 6. The molecular weight excluding hydrogens is 330 g/mol. The van der Waals surface area contributed by atoms with Crippen LogP contribution in [0.4, 0.5) is 0 Å². The maximum atomic E-state index is 5.52. The molecular formula is C21H27NO4. The number of benzene rings is 2. The molecule has 1 aliphatic heterocycles. The number of fused-ring (bicyclic) bond motifs is 1. The van der Waals surface area contributed by atoms with Crippen molar-refractivity contribution in [1.29, 1.82) is 0 Å². The molecule has 26 heavy (non-hydrogen) atoms. The number of methoxy groups -OCH3 is 4. The summed E-state index contributed by atoms with van der Waals surface area (Å²) in [6, 6.07) is 10.5. The Bertz CT molecular complexity index is 760. The highest BCUT2D eigenvalue weighted by Crippen LogP contribution is 2.37. The van der Waals surface area contributed by atoms with Crippen molar-refractivity contribution in [3.8, 4) is 23.0 Å². The molecule has 0 bridgehead atoms. The van der Waals surface area contributed by atoms with E-state index in [9.17, 15) is 0 Å². The summed E-state index contributed by atoms with van der Waals surface area (Å²) in [5, 5.41) is 3.67. The molecule has 2 aromatic rings. The van der Waals surface area contributed by atoms with E-state index < -0.39 is 0 Å². The minimum absolute atomic E-state index is 0.213. The van der Waals surface area contributed by atoms with E-state index >= 15 is 0 Å². The highest BCUT2D eigenvalue weighted by atomic mass is 16.5. The Balaban J connectivity index is 1.94. The van der Waals surface area contributed by atoms with Gasteiger partial charge in [0.25, 0.3) is 0 Å². The number of nitrogens with one attached hydrogen (secondary N) is 1. The zero-order valence-corrected chi connectivity index (χ0v) is 15.9. The summed E-state index contributed by atoms with van der Waals surface area (Å²) in [6.45, 7) is 0.983. The normalized spacial score (nSPS) is 16.4. The van der Waals surface area contributed by atoms with E-state index in [4.69, 9.17) is 18.9 Å². The molecule has 1 atom stereocenters. The molecule has 5 heteroatoms. The maximum Gasteiger partial charge on any atom is 0.161 e. The van der Waals surface area contributed by atoms with Crippen LogP contribution < -0.4 is 24.3 Å². The first kappa shape index (κ1) is 18.4. The van der Waals surface area contributed by atoms with Gasteiger partial charge in [0.15, 0.2) is 23.0 Å². The lowest BCUT2D eigenvalue weighted by atomic mass is 9.93. The molecule has 0 aromatic heterocycles. The minimum atomic E-state index is 0.213. The molecule has 3 rings (SSSR count). The average Bonchev–Trinajstić information content (AvgIpc) is 2.88. The molecule has 0 spiro atoms. The second-order valence-corrected chi connectivity index (χ2v) is 6.41. The lowest BCUT2D eigenvalue weighted by Crippen LogP contribution is -2.23. The highest BCUT2D eigenvalue weighted by molar-refractivity contribution is 5.50. The van der Waals surface area contributed by atoms with Gasteiger partial charge in [-0.1, -0.05) is 6.07 Å². The fourth-order valence-electron chi connectivity index (χ4n) is 3.57. The second kappa shape index (κ2) is 8.32. The molecule has 0 radical (unpaired) electrons. The van der Waals surface area contributed by atoms with Crippen molar-refractivity contribution < 1.29 is 18.9 Å². The highest BCUT2D eigenvalue weighted by Gasteiger charge is 2.22. The molecule has 1 aliphatic rings. The number of hydrogen-bond donors (Lipinski definition) is 1. The predicted octanol–water partition coefficient (Wildman–Crippen LogP) is 3.54. The standard InChI is InChI=1S/C21H27NO4/c1-23-18-8-7-14(11-19(18)24-2)10-17-16-13-21(26-4)20(25-3)12-15(16)6-5-9-22-17/h7-8,11-13,17,22H,5-6,9-10H2,1-4H3/t17-/m0/s1. The first-order chi connectivity index (χ1) is 12.7. The summed E-state index contributed by atoms with van der Waals surface area (Å²) in [6.07, 6.45) is 3.00. The number of hydrogen-bond acceptors (Lipinski definition) is 5.